The summed E-state index contributed by atoms with van der Waals surface area (Å²) in [5.41, 5.74) is 3.77. The van der Waals surface area contributed by atoms with Crippen molar-refractivity contribution in [2.24, 2.45) is 0 Å². The van der Waals surface area contributed by atoms with Crippen LogP contribution in [0.5, 0.6) is 11.5 Å². The zero-order valence-corrected chi connectivity index (χ0v) is 11.5. The summed E-state index contributed by atoms with van der Waals surface area (Å²) in [6.07, 6.45) is 0.499. The molecule has 0 fully saturated rings. The third-order valence-corrected chi connectivity index (χ3v) is 3.56. The molecule has 0 spiro atoms. The van der Waals surface area contributed by atoms with Crippen molar-refractivity contribution in [2.75, 3.05) is 0 Å². The van der Waals surface area contributed by atoms with E-state index in [2.05, 4.69) is 0 Å². The molecule has 0 amide bonds. The third-order valence-electron chi connectivity index (χ3n) is 3.56. The van der Waals surface area contributed by atoms with Crippen LogP contribution in [0.15, 0.2) is 72.8 Å². The van der Waals surface area contributed by atoms with E-state index in [9.17, 15) is 10.2 Å². The van der Waals surface area contributed by atoms with Crippen molar-refractivity contribution >= 4 is 0 Å². The number of rotatable bonds is 3. The predicted molar refractivity (Wildman–Crippen MR) is 84.5 cm³/mol. The second-order valence-electron chi connectivity index (χ2n) is 5.02. The first-order valence-electron chi connectivity index (χ1n) is 6.88. The smallest absolute Gasteiger partial charge is 0.119 e. The maximum absolute atomic E-state index is 10.1. The first kappa shape index (κ1) is 13.3. The number of para-hydroxylation sites is 1. The van der Waals surface area contributed by atoms with E-state index in [-0.39, 0.29) is 11.5 Å². The van der Waals surface area contributed by atoms with Crippen LogP contribution in [0.1, 0.15) is 11.1 Å². The number of phenols is 2. The molecular weight excluding hydrogens is 260 g/mol. The number of phenolic OH excluding ortho intramolecular Hbond substituents is 2. The van der Waals surface area contributed by atoms with Gasteiger partial charge in [-0.2, -0.15) is 0 Å². The molecule has 0 aliphatic carbocycles. The van der Waals surface area contributed by atoms with Crippen LogP contribution in [0.3, 0.4) is 0 Å². The zero-order valence-electron chi connectivity index (χ0n) is 11.5. The van der Waals surface area contributed by atoms with E-state index in [0.29, 0.717) is 6.42 Å². The lowest BCUT2D eigenvalue weighted by molar-refractivity contribution is 0.463. The largest absolute Gasteiger partial charge is 0.508 e. The Morgan fingerprint density at radius 2 is 1.24 bits per heavy atom. The maximum atomic E-state index is 10.1. The fraction of sp³-hybridized carbons (Fsp3) is 0.0526. The SMILES string of the molecule is Oc1ccccc1Cc1cc(-c2ccccc2)ccc1O. The number of hydrogen-bond donors (Lipinski definition) is 2. The van der Waals surface area contributed by atoms with Crippen molar-refractivity contribution in [3.05, 3.63) is 83.9 Å². The second kappa shape index (κ2) is 5.71. The maximum Gasteiger partial charge on any atom is 0.119 e. The molecule has 2 heteroatoms. The standard InChI is InChI=1S/C19H16O2/c20-18-9-5-4-8-16(18)13-17-12-15(10-11-19(17)21)14-6-2-1-3-7-14/h1-12,20-21H,13H2. The summed E-state index contributed by atoms with van der Waals surface area (Å²) in [5.74, 6) is 0.500. The van der Waals surface area contributed by atoms with E-state index in [4.69, 9.17) is 0 Å². The van der Waals surface area contributed by atoms with Crippen molar-refractivity contribution in [3.8, 4) is 22.6 Å². The minimum Gasteiger partial charge on any atom is -0.508 e. The topological polar surface area (TPSA) is 40.5 Å². The molecule has 3 rings (SSSR count). The first-order valence-corrected chi connectivity index (χ1v) is 6.88. The summed E-state index contributed by atoms with van der Waals surface area (Å²) in [6, 6.07) is 22.8. The first-order chi connectivity index (χ1) is 10.2. The van der Waals surface area contributed by atoms with E-state index < -0.39 is 0 Å². The minimum atomic E-state index is 0.248. The highest BCUT2D eigenvalue weighted by atomic mass is 16.3. The van der Waals surface area contributed by atoms with Crippen molar-refractivity contribution in [1.29, 1.82) is 0 Å². The van der Waals surface area contributed by atoms with E-state index in [1.54, 1.807) is 18.2 Å². The average Bonchev–Trinajstić information content (AvgIpc) is 2.52. The summed E-state index contributed by atoms with van der Waals surface area (Å²) >= 11 is 0. The predicted octanol–water partition coefficient (Wildman–Crippen LogP) is 4.36. The molecule has 0 aliphatic heterocycles. The molecule has 0 atom stereocenters. The van der Waals surface area contributed by atoms with Gasteiger partial charge in [-0.15, -0.1) is 0 Å². The summed E-state index contributed by atoms with van der Waals surface area (Å²) in [6.45, 7) is 0. The van der Waals surface area contributed by atoms with E-state index >= 15 is 0 Å². The lowest BCUT2D eigenvalue weighted by Crippen LogP contribution is -1.91. The Hall–Kier alpha value is -2.74. The molecule has 0 aromatic heterocycles. The Morgan fingerprint density at radius 1 is 0.571 bits per heavy atom. The van der Waals surface area contributed by atoms with E-state index in [0.717, 1.165) is 22.3 Å². The molecule has 104 valence electrons. The van der Waals surface area contributed by atoms with Gasteiger partial charge in [0.25, 0.3) is 0 Å². The molecule has 3 aromatic carbocycles. The molecular formula is C19H16O2. The number of benzene rings is 3. The van der Waals surface area contributed by atoms with E-state index in [1.807, 2.05) is 54.6 Å². The van der Waals surface area contributed by atoms with Crippen LogP contribution in [0.25, 0.3) is 11.1 Å². The molecule has 3 aromatic rings. The molecule has 21 heavy (non-hydrogen) atoms. The van der Waals surface area contributed by atoms with Crippen LogP contribution in [-0.4, -0.2) is 10.2 Å². The van der Waals surface area contributed by atoms with Crippen LogP contribution in [0.2, 0.25) is 0 Å². The Morgan fingerprint density at radius 3 is 2.00 bits per heavy atom. The molecule has 2 nitrogen and oxygen atoms in total. The highest BCUT2D eigenvalue weighted by Crippen LogP contribution is 2.29. The normalized spacial score (nSPS) is 10.5. The summed E-state index contributed by atoms with van der Waals surface area (Å²) in [7, 11) is 0. The highest BCUT2D eigenvalue weighted by molar-refractivity contribution is 5.65. The highest BCUT2D eigenvalue weighted by Gasteiger charge is 2.08. The van der Waals surface area contributed by atoms with Gasteiger partial charge in [0.15, 0.2) is 0 Å². The monoisotopic (exact) mass is 276 g/mol. The van der Waals surface area contributed by atoms with Gasteiger partial charge < -0.3 is 10.2 Å². The van der Waals surface area contributed by atoms with Crippen molar-refractivity contribution in [3.63, 3.8) is 0 Å². The summed E-state index contributed by atoms with van der Waals surface area (Å²) < 4.78 is 0. The van der Waals surface area contributed by atoms with Gasteiger partial charge in [-0.25, -0.2) is 0 Å². The Labute approximate surface area is 123 Å². The molecule has 0 radical (unpaired) electrons. The van der Waals surface area contributed by atoms with Gasteiger partial charge in [0.1, 0.15) is 11.5 Å². The molecule has 0 aliphatic rings. The van der Waals surface area contributed by atoms with Crippen LogP contribution in [0.4, 0.5) is 0 Å². The quantitative estimate of drug-likeness (QED) is 0.746. The summed E-state index contributed by atoms with van der Waals surface area (Å²) in [4.78, 5) is 0. The zero-order chi connectivity index (χ0) is 14.7. The van der Waals surface area contributed by atoms with Gasteiger partial charge in [0, 0.05) is 6.42 Å². The van der Waals surface area contributed by atoms with Gasteiger partial charge in [-0.3, -0.25) is 0 Å². The molecule has 0 heterocycles. The lowest BCUT2D eigenvalue weighted by atomic mass is 9.98. The van der Waals surface area contributed by atoms with Crippen LogP contribution >= 0.6 is 0 Å². The Balaban J connectivity index is 1.98. The van der Waals surface area contributed by atoms with Gasteiger partial charge in [-0.1, -0.05) is 54.6 Å². The average molecular weight is 276 g/mol. The fourth-order valence-electron chi connectivity index (χ4n) is 2.40. The molecule has 0 saturated carbocycles. The van der Waals surface area contributed by atoms with Gasteiger partial charge in [0.05, 0.1) is 0 Å². The van der Waals surface area contributed by atoms with Crippen LogP contribution in [0, 0.1) is 0 Å². The molecule has 0 saturated heterocycles. The van der Waals surface area contributed by atoms with Gasteiger partial charge >= 0.3 is 0 Å². The molecule has 0 unspecified atom stereocenters. The van der Waals surface area contributed by atoms with E-state index in [1.165, 1.54) is 0 Å². The second-order valence-corrected chi connectivity index (χ2v) is 5.02. The van der Waals surface area contributed by atoms with Crippen molar-refractivity contribution in [1.82, 2.24) is 0 Å². The molecule has 2 N–H and O–H groups in total. The van der Waals surface area contributed by atoms with Gasteiger partial charge in [-0.05, 0) is 40.5 Å². The van der Waals surface area contributed by atoms with Crippen molar-refractivity contribution < 1.29 is 10.2 Å². The molecule has 0 bridgehead atoms. The van der Waals surface area contributed by atoms with Gasteiger partial charge in [0.2, 0.25) is 0 Å². The number of aromatic hydroxyl groups is 2. The Bertz CT molecular complexity index is 749. The third kappa shape index (κ3) is 2.90. The Kier molecular flexibility index (Phi) is 3.61. The summed E-state index contributed by atoms with van der Waals surface area (Å²) in [5, 5.41) is 19.9. The van der Waals surface area contributed by atoms with Crippen molar-refractivity contribution in [2.45, 2.75) is 6.42 Å². The van der Waals surface area contributed by atoms with Crippen LogP contribution in [-0.2, 0) is 6.42 Å². The van der Waals surface area contributed by atoms with Crippen LogP contribution < -0.4 is 0 Å². The minimum absolute atomic E-state index is 0.248. The number of hydrogen-bond acceptors (Lipinski definition) is 2. The fourth-order valence-corrected chi connectivity index (χ4v) is 2.40. The lowest BCUT2D eigenvalue weighted by Gasteiger charge is -2.09.